The fraction of sp³-hybridized carbons (Fsp3) is 0.357. The molecule has 0 aliphatic heterocycles. The van der Waals surface area contributed by atoms with Crippen molar-refractivity contribution in [3.8, 4) is 0 Å². The number of carbonyl (C=O) groups excluding carboxylic acids is 1. The standard InChI is InChI=1S/C14H17NO3/c1-18-13-8-7-12(10-13)15(17)14(16)9-11-5-3-2-4-6-11/h2-8,12-13,17H,9-10H2,1H3/t12-,13+/m0/s1. The smallest absolute Gasteiger partial charge is 0.250 e. The first-order chi connectivity index (χ1) is 8.70. The van der Waals surface area contributed by atoms with E-state index in [1.54, 1.807) is 13.2 Å². The third-order valence-corrected chi connectivity index (χ3v) is 3.09. The first-order valence-electron chi connectivity index (χ1n) is 5.96. The molecular formula is C14H17NO3. The second kappa shape index (κ2) is 5.80. The maximum Gasteiger partial charge on any atom is 0.250 e. The average molecular weight is 247 g/mol. The molecule has 0 radical (unpaired) electrons. The van der Waals surface area contributed by atoms with E-state index in [1.165, 1.54) is 0 Å². The van der Waals surface area contributed by atoms with Crippen molar-refractivity contribution in [1.82, 2.24) is 5.06 Å². The number of benzene rings is 1. The average Bonchev–Trinajstić information content (AvgIpc) is 2.87. The number of rotatable bonds is 4. The second-order valence-corrected chi connectivity index (χ2v) is 4.36. The van der Waals surface area contributed by atoms with Crippen molar-refractivity contribution in [3.63, 3.8) is 0 Å². The number of methoxy groups -OCH3 is 1. The van der Waals surface area contributed by atoms with Gasteiger partial charge in [0.15, 0.2) is 0 Å². The lowest BCUT2D eigenvalue weighted by atomic mass is 10.1. The topological polar surface area (TPSA) is 49.8 Å². The van der Waals surface area contributed by atoms with Crippen LogP contribution in [0.3, 0.4) is 0 Å². The van der Waals surface area contributed by atoms with E-state index in [-0.39, 0.29) is 24.5 Å². The summed E-state index contributed by atoms with van der Waals surface area (Å²) in [6.07, 6.45) is 4.46. The highest BCUT2D eigenvalue weighted by Crippen LogP contribution is 2.18. The predicted molar refractivity (Wildman–Crippen MR) is 67.1 cm³/mol. The Labute approximate surface area is 106 Å². The third kappa shape index (κ3) is 2.97. The molecule has 1 aromatic carbocycles. The van der Waals surface area contributed by atoms with Gasteiger partial charge in [-0.1, -0.05) is 42.5 Å². The maximum absolute atomic E-state index is 11.9. The number of hydrogen-bond acceptors (Lipinski definition) is 3. The Balaban J connectivity index is 1.92. The predicted octanol–water partition coefficient (Wildman–Crippen LogP) is 1.79. The summed E-state index contributed by atoms with van der Waals surface area (Å²) in [5.74, 6) is -0.299. The van der Waals surface area contributed by atoms with Crippen molar-refractivity contribution < 1.29 is 14.7 Å². The molecule has 1 aliphatic rings. The van der Waals surface area contributed by atoms with Crippen LogP contribution in [0.1, 0.15) is 12.0 Å². The van der Waals surface area contributed by atoms with E-state index in [1.807, 2.05) is 36.4 Å². The van der Waals surface area contributed by atoms with Gasteiger partial charge < -0.3 is 4.74 Å². The molecule has 4 nitrogen and oxygen atoms in total. The molecule has 2 rings (SSSR count). The van der Waals surface area contributed by atoms with Gasteiger partial charge in [-0.2, -0.15) is 0 Å². The number of nitrogens with zero attached hydrogens (tertiary/aromatic N) is 1. The van der Waals surface area contributed by atoms with Crippen LogP contribution >= 0.6 is 0 Å². The van der Waals surface area contributed by atoms with Crippen molar-refractivity contribution in [2.24, 2.45) is 0 Å². The molecule has 18 heavy (non-hydrogen) atoms. The van der Waals surface area contributed by atoms with E-state index in [0.717, 1.165) is 10.6 Å². The van der Waals surface area contributed by atoms with Gasteiger partial charge in [0.1, 0.15) is 0 Å². The molecule has 0 saturated heterocycles. The number of ether oxygens (including phenoxy) is 1. The van der Waals surface area contributed by atoms with Crippen molar-refractivity contribution >= 4 is 5.91 Å². The van der Waals surface area contributed by atoms with E-state index < -0.39 is 0 Å². The van der Waals surface area contributed by atoms with Crippen LogP contribution < -0.4 is 0 Å². The second-order valence-electron chi connectivity index (χ2n) is 4.36. The lowest BCUT2D eigenvalue weighted by molar-refractivity contribution is -0.171. The number of carbonyl (C=O) groups is 1. The van der Waals surface area contributed by atoms with Crippen LogP contribution in [-0.4, -0.2) is 35.4 Å². The minimum absolute atomic E-state index is 0.0193. The normalized spacial score (nSPS) is 22.1. The molecule has 0 unspecified atom stereocenters. The van der Waals surface area contributed by atoms with E-state index >= 15 is 0 Å². The Morgan fingerprint density at radius 1 is 1.39 bits per heavy atom. The van der Waals surface area contributed by atoms with Crippen LogP contribution in [0.4, 0.5) is 0 Å². The van der Waals surface area contributed by atoms with Gasteiger partial charge in [-0.25, -0.2) is 5.06 Å². The monoisotopic (exact) mass is 247 g/mol. The summed E-state index contributed by atoms with van der Waals surface area (Å²) in [4.78, 5) is 11.9. The molecule has 2 atom stereocenters. The highest BCUT2D eigenvalue weighted by molar-refractivity contribution is 5.78. The van der Waals surface area contributed by atoms with E-state index in [9.17, 15) is 10.0 Å². The third-order valence-electron chi connectivity index (χ3n) is 3.09. The molecule has 0 bridgehead atoms. The zero-order chi connectivity index (χ0) is 13.0. The summed E-state index contributed by atoms with van der Waals surface area (Å²) < 4.78 is 5.15. The summed E-state index contributed by atoms with van der Waals surface area (Å²) in [5, 5.41) is 10.7. The molecule has 1 amide bonds. The molecule has 96 valence electrons. The van der Waals surface area contributed by atoms with Crippen molar-refractivity contribution in [2.45, 2.75) is 25.0 Å². The summed E-state index contributed by atoms with van der Waals surface area (Å²) in [7, 11) is 1.62. The van der Waals surface area contributed by atoms with Crippen LogP contribution in [0.5, 0.6) is 0 Å². The zero-order valence-corrected chi connectivity index (χ0v) is 10.3. The Kier molecular flexibility index (Phi) is 4.12. The van der Waals surface area contributed by atoms with Crippen LogP contribution in [0.25, 0.3) is 0 Å². The Morgan fingerprint density at radius 2 is 2.11 bits per heavy atom. The van der Waals surface area contributed by atoms with Crippen LogP contribution in [0, 0.1) is 0 Å². The van der Waals surface area contributed by atoms with Gasteiger partial charge in [0.2, 0.25) is 0 Å². The lowest BCUT2D eigenvalue weighted by Crippen LogP contribution is -2.37. The maximum atomic E-state index is 11.9. The first kappa shape index (κ1) is 12.8. The molecule has 1 aromatic rings. The van der Waals surface area contributed by atoms with Gasteiger partial charge in [0.05, 0.1) is 18.6 Å². The molecule has 0 fully saturated rings. The molecule has 0 saturated carbocycles. The summed E-state index contributed by atoms with van der Waals surface area (Å²) in [6.45, 7) is 0. The van der Waals surface area contributed by atoms with Gasteiger partial charge in [0.25, 0.3) is 5.91 Å². The van der Waals surface area contributed by atoms with Gasteiger partial charge in [0, 0.05) is 13.5 Å². The first-order valence-corrected chi connectivity index (χ1v) is 5.96. The fourth-order valence-corrected chi connectivity index (χ4v) is 2.04. The number of hydrogen-bond donors (Lipinski definition) is 1. The largest absolute Gasteiger partial charge is 0.377 e. The summed E-state index contributed by atoms with van der Waals surface area (Å²) in [5.41, 5.74) is 0.895. The van der Waals surface area contributed by atoms with Crippen LogP contribution in [0.15, 0.2) is 42.5 Å². The molecule has 1 N–H and O–H groups in total. The molecular weight excluding hydrogens is 230 g/mol. The van der Waals surface area contributed by atoms with Crippen molar-refractivity contribution in [3.05, 3.63) is 48.0 Å². The lowest BCUT2D eigenvalue weighted by Gasteiger charge is -2.21. The Hall–Kier alpha value is -1.65. The highest BCUT2D eigenvalue weighted by atomic mass is 16.5. The van der Waals surface area contributed by atoms with E-state index in [0.29, 0.717) is 6.42 Å². The van der Waals surface area contributed by atoms with Gasteiger partial charge in [-0.15, -0.1) is 0 Å². The van der Waals surface area contributed by atoms with Crippen LogP contribution in [0.2, 0.25) is 0 Å². The van der Waals surface area contributed by atoms with Gasteiger partial charge in [-0.3, -0.25) is 10.0 Å². The summed E-state index contributed by atoms with van der Waals surface area (Å²) >= 11 is 0. The van der Waals surface area contributed by atoms with Gasteiger partial charge in [-0.05, 0) is 5.56 Å². The van der Waals surface area contributed by atoms with Crippen molar-refractivity contribution in [2.75, 3.05) is 7.11 Å². The van der Waals surface area contributed by atoms with E-state index in [4.69, 9.17) is 4.74 Å². The van der Waals surface area contributed by atoms with E-state index in [2.05, 4.69) is 0 Å². The molecule has 1 aliphatic carbocycles. The molecule has 0 heterocycles. The zero-order valence-electron chi connectivity index (χ0n) is 10.3. The molecule has 0 aromatic heterocycles. The number of hydroxylamine groups is 2. The minimum atomic E-state index is -0.299. The Morgan fingerprint density at radius 3 is 2.72 bits per heavy atom. The van der Waals surface area contributed by atoms with Gasteiger partial charge >= 0.3 is 0 Å². The minimum Gasteiger partial charge on any atom is -0.377 e. The Bertz CT molecular complexity index is 430. The SMILES string of the molecule is CO[C@@H]1C=C[C@H](N(O)C(=O)Cc2ccccc2)C1. The summed E-state index contributed by atoms with van der Waals surface area (Å²) in [6, 6.07) is 9.10. The van der Waals surface area contributed by atoms with Crippen molar-refractivity contribution in [1.29, 1.82) is 0 Å². The number of amides is 1. The molecule has 4 heteroatoms. The van der Waals surface area contributed by atoms with Crippen LogP contribution in [-0.2, 0) is 16.0 Å². The highest BCUT2D eigenvalue weighted by Gasteiger charge is 2.26. The quantitative estimate of drug-likeness (QED) is 0.501. The fourth-order valence-electron chi connectivity index (χ4n) is 2.04. The molecule has 0 spiro atoms.